The highest BCUT2D eigenvalue weighted by atomic mass is 19.1. The molecule has 0 saturated heterocycles. The summed E-state index contributed by atoms with van der Waals surface area (Å²) in [7, 11) is 0. The summed E-state index contributed by atoms with van der Waals surface area (Å²) in [5.74, 6) is -1.98. The molecule has 4 nitrogen and oxygen atoms in total. The zero-order chi connectivity index (χ0) is 15.9. The Hall–Kier alpha value is -2.69. The minimum atomic E-state index is -1.10. The van der Waals surface area contributed by atoms with Crippen LogP contribution in [0.4, 0.5) is 4.39 Å². The molecule has 0 bridgehead atoms. The van der Waals surface area contributed by atoms with Crippen molar-refractivity contribution in [3.63, 3.8) is 0 Å². The molecule has 2 rings (SSSR count). The molecule has 0 heterocycles. The van der Waals surface area contributed by atoms with Crippen LogP contribution in [0.3, 0.4) is 0 Å². The van der Waals surface area contributed by atoms with Gasteiger partial charge in [-0.05, 0) is 23.3 Å². The molecule has 2 N–H and O–H groups in total. The predicted octanol–water partition coefficient (Wildman–Crippen LogP) is 2.18. The number of hydrogen-bond acceptors (Lipinski definition) is 2. The summed E-state index contributed by atoms with van der Waals surface area (Å²) in [5, 5.41) is 11.7. The van der Waals surface area contributed by atoms with E-state index < -0.39 is 23.7 Å². The molecule has 114 valence electrons. The maximum Gasteiger partial charge on any atom is 0.326 e. The summed E-state index contributed by atoms with van der Waals surface area (Å²) in [6.07, 6.45) is 0.140. The molecule has 0 unspecified atom stereocenters. The van der Waals surface area contributed by atoms with Gasteiger partial charge in [-0.25, -0.2) is 9.18 Å². The van der Waals surface area contributed by atoms with E-state index in [0.717, 1.165) is 5.56 Å². The third kappa shape index (κ3) is 4.70. The van der Waals surface area contributed by atoms with Crippen LogP contribution in [0.25, 0.3) is 0 Å². The highest BCUT2D eigenvalue weighted by Gasteiger charge is 2.20. The number of benzene rings is 2. The monoisotopic (exact) mass is 301 g/mol. The second-order valence-corrected chi connectivity index (χ2v) is 4.95. The van der Waals surface area contributed by atoms with Gasteiger partial charge in [0.05, 0.1) is 6.42 Å². The summed E-state index contributed by atoms with van der Waals surface area (Å²) < 4.78 is 13.1. The maximum absolute atomic E-state index is 13.1. The van der Waals surface area contributed by atoms with Gasteiger partial charge in [-0.1, -0.05) is 42.5 Å². The van der Waals surface area contributed by atoms with Crippen LogP contribution < -0.4 is 5.32 Å². The molecule has 2 aromatic carbocycles. The fourth-order valence-corrected chi connectivity index (χ4v) is 2.13. The van der Waals surface area contributed by atoms with E-state index in [1.165, 1.54) is 18.2 Å². The van der Waals surface area contributed by atoms with Gasteiger partial charge in [-0.15, -0.1) is 0 Å². The Kier molecular flexibility index (Phi) is 5.25. The Balaban J connectivity index is 1.98. The molecule has 0 aromatic heterocycles. The molecule has 0 aliphatic rings. The van der Waals surface area contributed by atoms with Crippen LogP contribution >= 0.6 is 0 Å². The van der Waals surface area contributed by atoms with Crippen LogP contribution in [-0.4, -0.2) is 23.0 Å². The Bertz CT molecular complexity index is 658. The lowest BCUT2D eigenvalue weighted by molar-refractivity contribution is -0.141. The number of hydrogen-bond donors (Lipinski definition) is 2. The molecule has 0 fully saturated rings. The van der Waals surface area contributed by atoms with Crippen molar-refractivity contribution in [2.75, 3.05) is 0 Å². The van der Waals surface area contributed by atoms with Gasteiger partial charge in [0.1, 0.15) is 11.9 Å². The van der Waals surface area contributed by atoms with Crippen molar-refractivity contribution in [1.82, 2.24) is 5.32 Å². The van der Waals surface area contributed by atoms with Crippen molar-refractivity contribution in [1.29, 1.82) is 0 Å². The van der Waals surface area contributed by atoms with Gasteiger partial charge in [-0.2, -0.15) is 0 Å². The first kappa shape index (κ1) is 15.7. The molecule has 1 atom stereocenters. The molecule has 0 aliphatic heterocycles. The zero-order valence-corrected chi connectivity index (χ0v) is 11.8. The summed E-state index contributed by atoms with van der Waals surface area (Å²) >= 11 is 0. The number of carboxylic acid groups (broad SMARTS) is 1. The number of carboxylic acids is 1. The average molecular weight is 301 g/mol. The summed E-state index contributed by atoms with van der Waals surface area (Å²) in [5.41, 5.74) is 1.32. The molecule has 0 radical (unpaired) electrons. The Labute approximate surface area is 127 Å². The molecule has 1 amide bonds. The molecular formula is C17H16FNO3. The van der Waals surface area contributed by atoms with Gasteiger partial charge in [0, 0.05) is 6.42 Å². The van der Waals surface area contributed by atoms with Gasteiger partial charge in [0.25, 0.3) is 0 Å². The quantitative estimate of drug-likeness (QED) is 0.859. The number of rotatable bonds is 6. The van der Waals surface area contributed by atoms with Gasteiger partial charge in [0.2, 0.25) is 5.91 Å². The maximum atomic E-state index is 13.1. The summed E-state index contributed by atoms with van der Waals surface area (Å²) in [6.45, 7) is 0. The lowest BCUT2D eigenvalue weighted by Gasteiger charge is -2.14. The largest absolute Gasteiger partial charge is 0.480 e. The van der Waals surface area contributed by atoms with E-state index >= 15 is 0 Å². The minimum Gasteiger partial charge on any atom is -0.480 e. The van der Waals surface area contributed by atoms with Gasteiger partial charge < -0.3 is 10.4 Å². The average Bonchev–Trinajstić information content (AvgIpc) is 2.47. The third-order valence-corrected chi connectivity index (χ3v) is 3.17. The second-order valence-electron chi connectivity index (χ2n) is 4.95. The zero-order valence-electron chi connectivity index (χ0n) is 11.8. The van der Waals surface area contributed by atoms with Crippen molar-refractivity contribution in [2.24, 2.45) is 0 Å². The van der Waals surface area contributed by atoms with Crippen LogP contribution in [-0.2, 0) is 22.4 Å². The number of carbonyl (C=O) groups is 2. The normalized spacial score (nSPS) is 11.7. The van der Waals surface area contributed by atoms with Gasteiger partial charge in [0.15, 0.2) is 0 Å². The molecule has 22 heavy (non-hydrogen) atoms. The molecule has 0 aliphatic carbocycles. The number of aliphatic carboxylic acids is 1. The second kappa shape index (κ2) is 7.36. The van der Waals surface area contributed by atoms with E-state index in [1.807, 2.05) is 18.2 Å². The predicted molar refractivity (Wildman–Crippen MR) is 79.8 cm³/mol. The highest BCUT2D eigenvalue weighted by Crippen LogP contribution is 2.06. The first-order chi connectivity index (χ1) is 10.5. The fraction of sp³-hybridized carbons (Fsp3) is 0.176. The minimum absolute atomic E-state index is 0.0592. The van der Waals surface area contributed by atoms with E-state index in [9.17, 15) is 19.1 Å². The Morgan fingerprint density at radius 3 is 2.36 bits per heavy atom. The lowest BCUT2D eigenvalue weighted by atomic mass is 10.1. The van der Waals surface area contributed by atoms with Crippen LogP contribution in [0.15, 0.2) is 54.6 Å². The van der Waals surface area contributed by atoms with Crippen molar-refractivity contribution in [2.45, 2.75) is 18.9 Å². The van der Waals surface area contributed by atoms with E-state index in [2.05, 4.69) is 5.32 Å². The van der Waals surface area contributed by atoms with Crippen molar-refractivity contribution in [3.8, 4) is 0 Å². The molecule has 0 spiro atoms. The first-order valence-electron chi connectivity index (χ1n) is 6.85. The topological polar surface area (TPSA) is 66.4 Å². The van der Waals surface area contributed by atoms with Crippen molar-refractivity contribution < 1.29 is 19.1 Å². The highest BCUT2D eigenvalue weighted by molar-refractivity contribution is 5.85. The van der Waals surface area contributed by atoms with E-state index in [4.69, 9.17) is 0 Å². The fourth-order valence-electron chi connectivity index (χ4n) is 2.13. The van der Waals surface area contributed by atoms with Crippen LogP contribution in [0.2, 0.25) is 0 Å². The lowest BCUT2D eigenvalue weighted by Crippen LogP contribution is -2.43. The number of carbonyl (C=O) groups excluding carboxylic acids is 1. The molecule has 0 saturated carbocycles. The van der Waals surface area contributed by atoms with E-state index in [1.54, 1.807) is 18.2 Å². The summed E-state index contributed by atoms with van der Waals surface area (Å²) in [4.78, 5) is 23.2. The van der Waals surface area contributed by atoms with Crippen LogP contribution in [0.5, 0.6) is 0 Å². The van der Waals surface area contributed by atoms with Crippen LogP contribution in [0, 0.1) is 5.82 Å². The van der Waals surface area contributed by atoms with Gasteiger partial charge >= 0.3 is 5.97 Å². The van der Waals surface area contributed by atoms with E-state index in [-0.39, 0.29) is 12.8 Å². The Morgan fingerprint density at radius 2 is 1.73 bits per heavy atom. The van der Waals surface area contributed by atoms with Crippen molar-refractivity contribution in [3.05, 3.63) is 71.5 Å². The number of amides is 1. The number of nitrogens with one attached hydrogen (secondary N) is 1. The first-order valence-corrected chi connectivity index (χ1v) is 6.85. The van der Waals surface area contributed by atoms with Crippen LogP contribution in [0.1, 0.15) is 11.1 Å². The SMILES string of the molecule is O=C(Cc1cccc(F)c1)N[C@H](Cc1ccccc1)C(=O)O. The molecular weight excluding hydrogens is 285 g/mol. The van der Waals surface area contributed by atoms with E-state index in [0.29, 0.717) is 5.56 Å². The third-order valence-electron chi connectivity index (χ3n) is 3.17. The standard InChI is InChI=1S/C17H16FNO3/c18-14-8-4-7-13(9-14)11-16(20)19-15(17(21)22)10-12-5-2-1-3-6-12/h1-9,15H,10-11H2,(H,19,20)(H,21,22)/t15-/m1/s1. The van der Waals surface area contributed by atoms with Crippen molar-refractivity contribution >= 4 is 11.9 Å². The van der Waals surface area contributed by atoms with Gasteiger partial charge in [-0.3, -0.25) is 4.79 Å². The summed E-state index contributed by atoms with van der Waals surface area (Å²) in [6, 6.07) is 13.7. The Morgan fingerprint density at radius 1 is 1.05 bits per heavy atom. The molecule has 2 aromatic rings. The smallest absolute Gasteiger partial charge is 0.326 e. The number of halogens is 1. The molecule has 5 heteroatoms.